The molecule has 0 bridgehead atoms. The maximum atomic E-state index is 12.6. The zero-order valence-electron chi connectivity index (χ0n) is 22.0. The Kier molecular flexibility index (Phi) is 9.56. The molecule has 0 unspecified atom stereocenters. The van der Waals surface area contributed by atoms with Gasteiger partial charge in [-0.15, -0.1) is 0 Å². The van der Waals surface area contributed by atoms with E-state index in [-0.39, 0.29) is 39.9 Å². The van der Waals surface area contributed by atoms with E-state index in [0.29, 0.717) is 18.7 Å². The van der Waals surface area contributed by atoms with Gasteiger partial charge in [-0.3, -0.25) is 29.5 Å². The lowest BCUT2D eigenvalue weighted by Gasteiger charge is -2.16. The number of carboxylic acids is 2. The predicted octanol–water partition coefficient (Wildman–Crippen LogP) is 2.29. The molecule has 0 fully saturated rings. The summed E-state index contributed by atoms with van der Waals surface area (Å²) in [5, 5.41) is 26.4. The van der Waals surface area contributed by atoms with E-state index in [4.69, 9.17) is 16.7 Å². The molecule has 40 heavy (non-hydrogen) atoms. The number of nitrogens with one attached hydrogen (secondary N) is 4. The van der Waals surface area contributed by atoms with Crippen molar-refractivity contribution in [1.29, 1.82) is 0 Å². The molecule has 14 heteroatoms. The Labute approximate surface area is 233 Å². The molecule has 0 aliphatic rings. The molecule has 0 saturated carbocycles. The van der Waals surface area contributed by atoms with Gasteiger partial charge in [0.1, 0.15) is 6.04 Å². The quantitative estimate of drug-likeness (QED) is 0.198. The highest BCUT2D eigenvalue weighted by atomic mass is 35.5. The second-order valence-corrected chi connectivity index (χ2v) is 10.5. The first-order valence-electron chi connectivity index (χ1n) is 12.2. The number of carbonyl (C=O) groups excluding carboxylic acids is 2. The topological polar surface area (TPSA) is 203 Å². The van der Waals surface area contributed by atoms with E-state index in [1.807, 2.05) is 0 Å². The highest BCUT2D eigenvalue weighted by Gasteiger charge is 2.23. The first-order chi connectivity index (χ1) is 18.7. The molecule has 6 N–H and O–H groups in total. The number of amides is 2. The molecular weight excluding hydrogens is 544 g/mol. The van der Waals surface area contributed by atoms with Crippen molar-refractivity contribution < 1.29 is 29.4 Å². The van der Waals surface area contributed by atoms with Gasteiger partial charge in [0.2, 0.25) is 11.9 Å². The molecular formula is C26H29ClN6O7. The zero-order chi connectivity index (χ0) is 29.6. The smallest absolute Gasteiger partial charge is 0.326 e. The molecule has 2 amide bonds. The van der Waals surface area contributed by atoms with Crippen molar-refractivity contribution in [2.75, 3.05) is 5.32 Å². The van der Waals surface area contributed by atoms with E-state index in [1.165, 1.54) is 6.07 Å². The predicted molar refractivity (Wildman–Crippen MR) is 146 cm³/mol. The third-order valence-corrected chi connectivity index (χ3v) is 6.03. The number of aromatic nitrogens is 3. The number of nitrogens with zero attached hydrogens (tertiary/aromatic N) is 2. The van der Waals surface area contributed by atoms with Crippen molar-refractivity contribution >= 4 is 52.3 Å². The van der Waals surface area contributed by atoms with Crippen molar-refractivity contribution in [3.8, 4) is 0 Å². The third-order valence-electron chi connectivity index (χ3n) is 5.72. The summed E-state index contributed by atoms with van der Waals surface area (Å²) in [6.07, 6.45) is 0.876. The van der Waals surface area contributed by atoms with Crippen LogP contribution in [0.5, 0.6) is 0 Å². The minimum atomic E-state index is -1.37. The number of aromatic amines is 1. The Hall–Kier alpha value is -4.36. The summed E-state index contributed by atoms with van der Waals surface area (Å²) in [7, 11) is 0. The maximum absolute atomic E-state index is 12.6. The van der Waals surface area contributed by atoms with Crippen molar-refractivity contribution in [1.82, 2.24) is 25.6 Å². The first kappa shape index (κ1) is 30.2. The number of hydrogen-bond donors (Lipinski definition) is 6. The summed E-state index contributed by atoms with van der Waals surface area (Å²) in [6, 6.07) is 4.91. The van der Waals surface area contributed by atoms with E-state index in [9.17, 15) is 29.1 Å². The number of anilines is 1. The lowest BCUT2D eigenvalue weighted by molar-refractivity contribution is -0.140. The number of benzene rings is 1. The number of hydrogen-bond acceptors (Lipinski definition) is 8. The fourth-order valence-electron chi connectivity index (χ4n) is 3.48. The number of carboxylic acid groups (broad SMARTS) is 2. The van der Waals surface area contributed by atoms with Gasteiger partial charge >= 0.3 is 11.9 Å². The number of rotatable bonds is 11. The van der Waals surface area contributed by atoms with Crippen molar-refractivity contribution in [3.63, 3.8) is 0 Å². The molecule has 212 valence electrons. The highest BCUT2D eigenvalue weighted by Crippen LogP contribution is 2.19. The van der Waals surface area contributed by atoms with Crippen LogP contribution in [0.25, 0.3) is 11.0 Å². The van der Waals surface area contributed by atoms with E-state index in [0.717, 1.165) is 5.56 Å². The van der Waals surface area contributed by atoms with Crippen molar-refractivity contribution in [3.05, 3.63) is 62.5 Å². The number of fused-ring (bicyclic) bond motifs is 1. The van der Waals surface area contributed by atoms with Gasteiger partial charge < -0.3 is 20.8 Å². The monoisotopic (exact) mass is 572 g/mol. The molecule has 0 aliphatic carbocycles. The van der Waals surface area contributed by atoms with Gasteiger partial charge in [-0.25, -0.2) is 9.78 Å². The van der Waals surface area contributed by atoms with E-state index < -0.39 is 41.3 Å². The van der Waals surface area contributed by atoms with Gasteiger partial charge in [-0.1, -0.05) is 38.4 Å². The third kappa shape index (κ3) is 8.07. The Bertz CT molecular complexity index is 1520. The van der Waals surface area contributed by atoms with Gasteiger partial charge in [0.05, 0.1) is 16.0 Å². The summed E-state index contributed by atoms with van der Waals surface area (Å²) in [6.45, 7) is 5.91. The Morgan fingerprint density at radius 2 is 1.77 bits per heavy atom. The number of halogens is 1. The summed E-state index contributed by atoms with van der Waals surface area (Å²) in [5.41, 5.74) is 0.558. The normalized spacial score (nSPS) is 12.1. The summed E-state index contributed by atoms with van der Waals surface area (Å²) in [5.74, 6) is -3.54. The number of H-pyrrole nitrogens is 1. The minimum Gasteiger partial charge on any atom is -0.481 e. The van der Waals surface area contributed by atoms with E-state index in [1.54, 1.807) is 45.2 Å². The molecule has 2 aromatic heterocycles. The highest BCUT2D eigenvalue weighted by molar-refractivity contribution is 6.34. The lowest BCUT2D eigenvalue weighted by Crippen LogP contribution is -2.41. The van der Waals surface area contributed by atoms with Crippen LogP contribution in [0.1, 0.15) is 55.1 Å². The van der Waals surface area contributed by atoms with Gasteiger partial charge in [0, 0.05) is 31.1 Å². The minimum absolute atomic E-state index is 0.0172. The number of aliphatic carboxylic acids is 2. The molecule has 3 aromatic rings. The Morgan fingerprint density at radius 1 is 1.07 bits per heavy atom. The standard InChI is InChI=1S/C26H29ClN6O7/c1-26(2,3)24(40)33-25-31-20-16(22(37)32-25)8-14(12-29-20)11-28-10-13-4-5-15(17(27)9-13)21(36)30-18(23(38)39)6-7-19(34)35/h4-5,8-9,12,18,28H,6-7,10-11H2,1-3H3,(H,30,36)(H,34,35)(H,38,39)(H2,29,31,32,33,37,40)/t18-/m0/s1. The fraction of sp³-hybridized carbons (Fsp3) is 0.346. The summed E-state index contributed by atoms with van der Waals surface area (Å²) in [4.78, 5) is 70.3. The molecule has 1 aromatic carbocycles. The molecule has 0 spiro atoms. The number of carbonyl (C=O) groups is 4. The molecule has 0 saturated heterocycles. The Morgan fingerprint density at radius 3 is 2.40 bits per heavy atom. The molecule has 3 rings (SSSR count). The van der Waals surface area contributed by atoms with E-state index in [2.05, 4.69) is 30.9 Å². The molecule has 2 heterocycles. The van der Waals surface area contributed by atoms with Crippen LogP contribution in [0.3, 0.4) is 0 Å². The van der Waals surface area contributed by atoms with Crippen molar-refractivity contribution in [2.24, 2.45) is 5.41 Å². The molecule has 1 atom stereocenters. The van der Waals surface area contributed by atoms with Crippen LogP contribution in [-0.4, -0.2) is 55.0 Å². The van der Waals surface area contributed by atoms with Crippen LogP contribution in [-0.2, 0) is 27.5 Å². The van der Waals surface area contributed by atoms with Gasteiger partial charge in [-0.05, 0) is 35.7 Å². The van der Waals surface area contributed by atoms with Crippen LogP contribution in [0.4, 0.5) is 5.95 Å². The second kappa shape index (κ2) is 12.7. The number of pyridine rings is 1. The zero-order valence-corrected chi connectivity index (χ0v) is 22.8. The summed E-state index contributed by atoms with van der Waals surface area (Å²) < 4.78 is 0. The van der Waals surface area contributed by atoms with Crippen LogP contribution in [0.15, 0.2) is 35.3 Å². The van der Waals surface area contributed by atoms with Gasteiger partial charge in [0.25, 0.3) is 11.5 Å². The molecule has 13 nitrogen and oxygen atoms in total. The van der Waals surface area contributed by atoms with Crippen molar-refractivity contribution in [2.45, 2.75) is 52.7 Å². The second-order valence-electron chi connectivity index (χ2n) is 10.0. The van der Waals surface area contributed by atoms with Crippen LogP contribution in [0, 0.1) is 5.41 Å². The molecule has 0 aliphatic heterocycles. The average molecular weight is 573 g/mol. The van der Waals surface area contributed by atoms with Crippen LogP contribution < -0.4 is 21.5 Å². The van der Waals surface area contributed by atoms with Gasteiger partial charge in [-0.2, -0.15) is 4.98 Å². The Balaban J connectivity index is 1.62. The van der Waals surface area contributed by atoms with Gasteiger partial charge in [0.15, 0.2) is 5.65 Å². The van der Waals surface area contributed by atoms with Crippen LogP contribution in [0.2, 0.25) is 5.02 Å². The first-order valence-corrected chi connectivity index (χ1v) is 12.6. The summed E-state index contributed by atoms with van der Waals surface area (Å²) >= 11 is 6.25. The molecule has 0 radical (unpaired) electrons. The van der Waals surface area contributed by atoms with E-state index >= 15 is 0 Å². The SMILES string of the molecule is CC(C)(C)C(=O)Nc1nc2ncc(CNCc3ccc(C(=O)N[C@@H](CCC(=O)O)C(=O)O)c(Cl)c3)cc2c(=O)[nH]1. The fourth-order valence-corrected chi connectivity index (χ4v) is 3.77. The lowest BCUT2D eigenvalue weighted by atomic mass is 9.96. The largest absolute Gasteiger partial charge is 0.481 e. The average Bonchev–Trinajstić information content (AvgIpc) is 2.86. The van der Waals surface area contributed by atoms with Crippen LogP contribution >= 0.6 is 11.6 Å². The maximum Gasteiger partial charge on any atom is 0.326 e.